The number of likely N-dealkylation sites (tertiary alicyclic amines) is 1. The van der Waals surface area contributed by atoms with Gasteiger partial charge in [0.15, 0.2) is 5.82 Å². The fourth-order valence-electron chi connectivity index (χ4n) is 4.41. The average Bonchev–Trinajstić information content (AvgIpc) is 3.31. The summed E-state index contributed by atoms with van der Waals surface area (Å²) in [7, 11) is 0. The molecule has 0 saturated carbocycles. The third-order valence-electron chi connectivity index (χ3n) is 6.01. The third-order valence-corrected chi connectivity index (χ3v) is 6.01. The fourth-order valence-corrected chi connectivity index (χ4v) is 4.41. The molecule has 5 nitrogen and oxygen atoms in total. The molecule has 2 aliphatic heterocycles. The van der Waals surface area contributed by atoms with Crippen LogP contribution < -0.4 is 5.32 Å². The van der Waals surface area contributed by atoms with Gasteiger partial charge in [0, 0.05) is 42.5 Å². The molecule has 5 heteroatoms. The topological polar surface area (TPSA) is 53.4 Å². The number of benzene rings is 2. The van der Waals surface area contributed by atoms with Gasteiger partial charge in [0.25, 0.3) is 0 Å². The highest BCUT2D eigenvalue weighted by Crippen LogP contribution is 2.25. The predicted octanol–water partition coefficient (Wildman–Crippen LogP) is 4.10. The fraction of sp³-hybridized carbons (Fsp3) is 0.320. The lowest BCUT2D eigenvalue weighted by atomic mass is 9.96. The molecule has 2 unspecified atom stereocenters. The van der Waals surface area contributed by atoms with E-state index in [0.717, 1.165) is 49.0 Å². The van der Waals surface area contributed by atoms with Crippen LogP contribution in [0.1, 0.15) is 30.0 Å². The molecular formula is C25H27N5. The number of aromatic nitrogens is 2. The van der Waals surface area contributed by atoms with Gasteiger partial charge < -0.3 is 5.32 Å². The molecule has 2 aliphatic rings. The maximum atomic E-state index is 4.86. The average molecular weight is 398 g/mol. The largest absolute Gasteiger partial charge is 0.365 e. The summed E-state index contributed by atoms with van der Waals surface area (Å²) in [6, 6.07) is 21.0. The van der Waals surface area contributed by atoms with Gasteiger partial charge in [-0.2, -0.15) is 0 Å². The van der Waals surface area contributed by atoms with Gasteiger partial charge in [-0.3, -0.25) is 9.89 Å². The zero-order chi connectivity index (χ0) is 20.2. The molecule has 2 aromatic carbocycles. The first-order valence-corrected chi connectivity index (χ1v) is 10.8. The van der Waals surface area contributed by atoms with Crippen molar-refractivity contribution in [2.24, 2.45) is 10.9 Å². The number of rotatable bonds is 5. The molecule has 5 rings (SSSR count). The smallest absolute Gasteiger partial charge is 0.159 e. The predicted molar refractivity (Wildman–Crippen MR) is 120 cm³/mol. The van der Waals surface area contributed by atoms with Crippen LogP contribution in [-0.4, -0.2) is 40.3 Å². The highest BCUT2D eigenvalue weighted by atomic mass is 15.2. The molecule has 1 fully saturated rings. The summed E-state index contributed by atoms with van der Waals surface area (Å²) in [6.07, 6.45) is 6.30. The van der Waals surface area contributed by atoms with E-state index in [2.05, 4.69) is 50.5 Å². The minimum atomic E-state index is 0.175. The van der Waals surface area contributed by atoms with Crippen LogP contribution in [0.4, 0.5) is 0 Å². The molecule has 1 aromatic heterocycles. The van der Waals surface area contributed by atoms with Crippen LogP contribution in [0.15, 0.2) is 78.0 Å². The lowest BCUT2D eigenvalue weighted by Gasteiger charge is -2.33. The quantitative estimate of drug-likeness (QED) is 0.704. The Kier molecular flexibility index (Phi) is 5.53. The molecule has 3 heterocycles. The van der Waals surface area contributed by atoms with E-state index in [4.69, 9.17) is 4.99 Å². The molecule has 30 heavy (non-hydrogen) atoms. The second kappa shape index (κ2) is 8.76. The molecule has 1 N–H and O–H groups in total. The summed E-state index contributed by atoms with van der Waals surface area (Å²) in [4.78, 5) is 16.6. The van der Waals surface area contributed by atoms with Crippen molar-refractivity contribution in [1.29, 1.82) is 0 Å². The summed E-state index contributed by atoms with van der Waals surface area (Å²) >= 11 is 0. The van der Waals surface area contributed by atoms with Crippen molar-refractivity contribution in [3.8, 4) is 11.4 Å². The van der Waals surface area contributed by atoms with Crippen LogP contribution in [-0.2, 0) is 6.54 Å². The number of piperidine rings is 1. The van der Waals surface area contributed by atoms with E-state index in [1.165, 1.54) is 18.4 Å². The van der Waals surface area contributed by atoms with Crippen molar-refractivity contribution in [3.63, 3.8) is 0 Å². The van der Waals surface area contributed by atoms with Gasteiger partial charge in [0.1, 0.15) is 5.84 Å². The summed E-state index contributed by atoms with van der Waals surface area (Å²) in [5.41, 5.74) is 3.53. The highest BCUT2D eigenvalue weighted by Gasteiger charge is 2.29. The molecule has 3 aromatic rings. The first-order chi connectivity index (χ1) is 14.8. The number of hydrogen-bond donors (Lipinski definition) is 1. The molecule has 152 valence electrons. The van der Waals surface area contributed by atoms with Gasteiger partial charge in [-0.1, -0.05) is 60.7 Å². The van der Waals surface area contributed by atoms with E-state index >= 15 is 0 Å². The molecule has 0 bridgehead atoms. The lowest BCUT2D eigenvalue weighted by molar-refractivity contribution is 0.195. The molecular weight excluding hydrogens is 370 g/mol. The Morgan fingerprint density at radius 2 is 1.67 bits per heavy atom. The lowest BCUT2D eigenvalue weighted by Crippen LogP contribution is -2.41. The molecule has 0 radical (unpaired) electrons. The van der Waals surface area contributed by atoms with Crippen molar-refractivity contribution >= 4 is 5.84 Å². The Bertz CT molecular complexity index is 985. The maximum Gasteiger partial charge on any atom is 0.159 e. The third kappa shape index (κ3) is 4.26. The van der Waals surface area contributed by atoms with Gasteiger partial charge in [-0.05, 0) is 24.9 Å². The van der Waals surface area contributed by atoms with E-state index in [1.54, 1.807) is 0 Å². The number of hydrogen-bond acceptors (Lipinski definition) is 5. The Morgan fingerprint density at radius 3 is 2.43 bits per heavy atom. The monoisotopic (exact) mass is 397 g/mol. The first-order valence-electron chi connectivity index (χ1n) is 10.8. The normalized spacial score (nSPS) is 21.8. The van der Waals surface area contributed by atoms with Crippen LogP contribution >= 0.6 is 0 Å². The van der Waals surface area contributed by atoms with E-state index in [0.29, 0.717) is 5.92 Å². The summed E-state index contributed by atoms with van der Waals surface area (Å²) in [5.74, 6) is 2.41. The number of amidine groups is 1. The zero-order valence-corrected chi connectivity index (χ0v) is 17.1. The summed E-state index contributed by atoms with van der Waals surface area (Å²) in [6.45, 7) is 4.01. The minimum Gasteiger partial charge on any atom is -0.365 e. The van der Waals surface area contributed by atoms with Gasteiger partial charge in [-0.15, -0.1) is 0 Å². The molecule has 1 saturated heterocycles. The van der Waals surface area contributed by atoms with Crippen LogP contribution in [0, 0.1) is 5.92 Å². The van der Waals surface area contributed by atoms with E-state index in [-0.39, 0.29) is 6.04 Å². The Labute approximate surface area is 177 Å². The first kappa shape index (κ1) is 18.9. The van der Waals surface area contributed by atoms with Gasteiger partial charge in [-0.25, -0.2) is 9.97 Å². The van der Waals surface area contributed by atoms with Crippen molar-refractivity contribution in [1.82, 2.24) is 20.2 Å². The van der Waals surface area contributed by atoms with Crippen molar-refractivity contribution < 1.29 is 0 Å². The SMILES string of the molecule is c1ccc(CN2CCCC(C3=NCC(c4cnc(-c5ccccc5)nc4)N3)C2)cc1. The van der Waals surface area contributed by atoms with E-state index in [9.17, 15) is 0 Å². The number of aliphatic imine (C=N–C) groups is 1. The molecule has 2 atom stereocenters. The van der Waals surface area contributed by atoms with E-state index in [1.807, 2.05) is 42.7 Å². The van der Waals surface area contributed by atoms with Gasteiger partial charge >= 0.3 is 0 Å². The Morgan fingerprint density at radius 1 is 0.933 bits per heavy atom. The Hall–Kier alpha value is -3.05. The maximum absolute atomic E-state index is 4.86. The van der Waals surface area contributed by atoms with Crippen LogP contribution in [0.3, 0.4) is 0 Å². The number of nitrogens with zero attached hydrogens (tertiary/aromatic N) is 4. The number of nitrogens with one attached hydrogen (secondary N) is 1. The molecule has 0 amide bonds. The zero-order valence-electron chi connectivity index (χ0n) is 17.1. The molecule has 0 aliphatic carbocycles. The Balaban J connectivity index is 1.20. The van der Waals surface area contributed by atoms with Crippen LogP contribution in [0.5, 0.6) is 0 Å². The van der Waals surface area contributed by atoms with E-state index < -0.39 is 0 Å². The van der Waals surface area contributed by atoms with Crippen molar-refractivity contribution in [2.45, 2.75) is 25.4 Å². The second-order valence-corrected chi connectivity index (χ2v) is 8.19. The summed E-state index contributed by atoms with van der Waals surface area (Å²) in [5, 5.41) is 3.66. The second-order valence-electron chi connectivity index (χ2n) is 8.19. The standard InChI is InChI=1S/C25H27N5/c1-3-8-19(9-4-1)17-30-13-7-12-21(18-30)25-28-16-23(29-25)22-14-26-24(27-15-22)20-10-5-2-6-11-20/h1-6,8-11,14-15,21,23H,7,12-13,16-18H2,(H,28,29). The van der Waals surface area contributed by atoms with Gasteiger partial charge in [0.2, 0.25) is 0 Å². The van der Waals surface area contributed by atoms with Crippen molar-refractivity contribution in [2.75, 3.05) is 19.6 Å². The molecule has 0 spiro atoms. The van der Waals surface area contributed by atoms with Crippen LogP contribution in [0.2, 0.25) is 0 Å². The highest BCUT2D eigenvalue weighted by molar-refractivity contribution is 5.86. The van der Waals surface area contributed by atoms with Crippen LogP contribution in [0.25, 0.3) is 11.4 Å². The van der Waals surface area contributed by atoms with Gasteiger partial charge in [0.05, 0.1) is 12.6 Å². The van der Waals surface area contributed by atoms with Crippen molar-refractivity contribution in [3.05, 3.63) is 84.2 Å². The minimum absolute atomic E-state index is 0.175. The summed E-state index contributed by atoms with van der Waals surface area (Å²) < 4.78 is 0.